The molecule has 2 nitrogen and oxygen atoms in total. The normalized spacial score (nSPS) is 24.1. The lowest BCUT2D eigenvalue weighted by molar-refractivity contribution is 0.145. The van der Waals surface area contributed by atoms with E-state index >= 15 is 0 Å². The molecule has 0 bridgehead atoms. The number of rotatable bonds is 2. The van der Waals surface area contributed by atoms with Gasteiger partial charge in [0.2, 0.25) is 0 Å². The van der Waals surface area contributed by atoms with Crippen molar-refractivity contribution >= 4 is 0 Å². The highest BCUT2D eigenvalue weighted by Gasteiger charge is 2.29. The van der Waals surface area contributed by atoms with Crippen molar-refractivity contribution in [3.8, 4) is 0 Å². The third kappa shape index (κ3) is 3.58. The molecule has 2 atom stereocenters. The Morgan fingerprint density at radius 3 is 2.63 bits per heavy atom. The summed E-state index contributed by atoms with van der Waals surface area (Å²) in [7, 11) is 2.23. The molecule has 1 aliphatic rings. The molecule has 0 aromatic heterocycles. The third-order valence-electron chi connectivity index (χ3n) is 4.06. The molecular formula is C17H28N2. The third-order valence-corrected chi connectivity index (χ3v) is 4.06. The Morgan fingerprint density at radius 1 is 1.26 bits per heavy atom. The number of fused-ring (bicyclic) bond motifs is 1. The van der Waals surface area contributed by atoms with Crippen molar-refractivity contribution < 1.29 is 0 Å². The fraction of sp³-hybridized carbons (Fsp3) is 0.647. The fourth-order valence-electron chi connectivity index (χ4n) is 3.34. The maximum absolute atomic E-state index is 6.57. The van der Waals surface area contributed by atoms with Crippen LogP contribution >= 0.6 is 0 Å². The lowest BCUT2D eigenvalue weighted by Crippen LogP contribution is -2.43. The van der Waals surface area contributed by atoms with E-state index in [-0.39, 0.29) is 6.04 Å². The summed E-state index contributed by atoms with van der Waals surface area (Å²) in [5, 5.41) is 0. The minimum absolute atomic E-state index is 0.144. The van der Waals surface area contributed by atoms with E-state index in [0.717, 1.165) is 6.54 Å². The average Bonchev–Trinajstić information content (AvgIpc) is 2.47. The first-order valence-electron chi connectivity index (χ1n) is 7.42. The van der Waals surface area contributed by atoms with Gasteiger partial charge >= 0.3 is 0 Å². The topological polar surface area (TPSA) is 29.3 Å². The highest BCUT2D eigenvalue weighted by molar-refractivity contribution is 5.32. The largest absolute Gasteiger partial charge is 0.323 e. The number of nitrogens with two attached hydrogens (primary N) is 1. The Kier molecular flexibility index (Phi) is 4.32. The second-order valence-corrected chi connectivity index (χ2v) is 7.16. The molecule has 2 rings (SSSR count). The molecule has 0 saturated carbocycles. The minimum Gasteiger partial charge on any atom is -0.323 e. The zero-order valence-electron chi connectivity index (χ0n) is 12.8. The summed E-state index contributed by atoms with van der Waals surface area (Å²) in [6, 6.07) is 9.30. The van der Waals surface area contributed by atoms with E-state index in [1.54, 1.807) is 0 Å². The van der Waals surface area contributed by atoms with Gasteiger partial charge in [-0.25, -0.2) is 0 Å². The monoisotopic (exact) mass is 260 g/mol. The van der Waals surface area contributed by atoms with Gasteiger partial charge < -0.3 is 10.6 Å². The maximum atomic E-state index is 6.57. The SMILES string of the molecule is CN(CC(C)(C)C)C1CCCc2ccccc2C1N. The molecule has 2 heteroatoms. The maximum Gasteiger partial charge on any atom is 0.0455 e. The number of nitrogens with zero attached hydrogens (tertiary/aromatic N) is 1. The van der Waals surface area contributed by atoms with Crippen molar-refractivity contribution in [1.29, 1.82) is 0 Å². The van der Waals surface area contributed by atoms with Crippen molar-refractivity contribution in [2.24, 2.45) is 11.1 Å². The Hall–Kier alpha value is -0.860. The van der Waals surface area contributed by atoms with Crippen LogP contribution in [0.1, 0.15) is 50.8 Å². The Morgan fingerprint density at radius 2 is 1.95 bits per heavy atom. The van der Waals surface area contributed by atoms with E-state index in [2.05, 4.69) is 57.0 Å². The van der Waals surface area contributed by atoms with Crippen LogP contribution in [0.4, 0.5) is 0 Å². The minimum atomic E-state index is 0.144. The van der Waals surface area contributed by atoms with Crippen LogP contribution in [0.3, 0.4) is 0 Å². The lowest BCUT2D eigenvalue weighted by atomic mass is 9.92. The van der Waals surface area contributed by atoms with Gasteiger partial charge in [0, 0.05) is 18.6 Å². The van der Waals surface area contributed by atoms with Gasteiger partial charge in [-0.1, -0.05) is 45.0 Å². The molecular weight excluding hydrogens is 232 g/mol. The van der Waals surface area contributed by atoms with Crippen LogP contribution in [0.5, 0.6) is 0 Å². The van der Waals surface area contributed by atoms with Crippen molar-refractivity contribution in [1.82, 2.24) is 4.90 Å². The summed E-state index contributed by atoms with van der Waals surface area (Å²) < 4.78 is 0. The van der Waals surface area contributed by atoms with Gasteiger partial charge in [0.05, 0.1) is 0 Å². The number of hydrogen-bond donors (Lipinski definition) is 1. The van der Waals surface area contributed by atoms with Gasteiger partial charge in [0.1, 0.15) is 0 Å². The van der Waals surface area contributed by atoms with Gasteiger partial charge in [-0.3, -0.25) is 0 Å². The van der Waals surface area contributed by atoms with Gasteiger partial charge in [-0.2, -0.15) is 0 Å². The lowest BCUT2D eigenvalue weighted by Gasteiger charge is -2.36. The van der Waals surface area contributed by atoms with E-state index in [1.807, 2.05) is 0 Å². The number of hydrogen-bond acceptors (Lipinski definition) is 2. The summed E-state index contributed by atoms with van der Waals surface area (Å²) in [5.41, 5.74) is 9.69. The van der Waals surface area contributed by atoms with Gasteiger partial charge in [-0.05, 0) is 42.9 Å². The number of aryl methyl sites for hydroxylation is 1. The van der Waals surface area contributed by atoms with E-state index < -0.39 is 0 Å². The molecule has 1 aromatic rings. The van der Waals surface area contributed by atoms with Crippen LogP contribution in [0, 0.1) is 5.41 Å². The Labute approximate surface area is 118 Å². The molecule has 0 saturated heterocycles. The van der Waals surface area contributed by atoms with Crippen LogP contribution in [0.2, 0.25) is 0 Å². The summed E-state index contributed by atoms with van der Waals surface area (Å²) in [6.45, 7) is 7.96. The summed E-state index contributed by atoms with van der Waals surface area (Å²) >= 11 is 0. The summed E-state index contributed by atoms with van der Waals surface area (Å²) in [4.78, 5) is 2.47. The summed E-state index contributed by atoms with van der Waals surface area (Å²) in [6.07, 6.45) is 3.61. The average molecular weight is 260 g/mol. The first-order valence-corrected chi connectivity index (χ1v) is 7.42. The van der Waals surface area contributed by atoms with E-state index in [0.29, 0.717) is 11.5 Å². The molecule has 2 unspecified atom stereocenters. The molecule has 2 N–H and O–H groups in total. The molecule has 1 aliphatic carbocycles. The molecule has 0 radical (unpaired) electrons. The zero-order valence-corrected chi connectivity index (χ0v) is 12.8. The smallest absolute Gasteiger partial charge is 0.0455 e. The van der Waals surface area contributed by atoms with Gasteiger partial charge in [-0.15, -0.1) is 0 Å². The van der Waals surface area contributed by atoms with Crippen molar-refractivity contribution in [3.05, 3.63) is 35.4 Å². The van der Waals surface area contributed by atoms with Crippen molar-refractivity contribution in [2.45, 2.75) is 52.1 Å². The van der Waals surface area contributed by atoms with Crippen LogP contribution < -0.4 is 5.73 Å². The van der Waals surface area contributed by atoms with Crippen molar-refractivity contribution in [2.75, 3.05) is 13.6 Å². The predicted octanol–water partition coefficient (Wildman–Crippen LogP) is 3.37. The van der Waals surface area contributed by atoms with E-state index in [1.165, 1.54) is 30.4 Å². The molecule has 0 heterocycles. The van der Waals surface area contributed by atoms with Crippen LogP contribution in [-0.2, 0) is 6.42 Å². The Balaban J connectivity index is 2.19. The van der Waals surface area contributed by atoms with Crippen LogP contribution in [0.15, 0.2) is 24.3 Å². The summed E-state index contributed by atoms with van der Waals surface area (Å²) in [5.74, 6) is 0. The quantitative estimate of drug-likeness (QED) is 0.826. The molecule has 0 spiro atoms. The first-order chi connectivity index (χ1) is 8.88. The molecule has 19 heavy (non-hydrogen) atoms. The molecule has 0 aliphatic heterocycles. The first kappa shape index (κ1) is 14.5. The van der Waals surface area contributed by atoms with E-state index in [4.69, 9.17) is 5.73 Å². The molecule has 106 valence electrons. The Bertz CT molecular complexity index is 420. The van der Waals surface area contributed by atoms with Crippen molar-refractivity contribution in [3.63, 3.8) is 0 Å². The van der Waals surface area contributed by atoms with Crippen LogP contribution in [0.25, 0.3) is 0 Å². The van der Waals surface area contributed by atoms with E-state index in [9.17, 15) is 0 Å². The number of likely N-dealkylation sites (N-methyl/N-ethyl adjacent to an activating group) is 1. The zero-order chi connectivity index (χ0) is 14.0. The predicted molar refractivity (Wildman–Crippen MR) is 82.2 cm³/mol. The molecule has 1 aromatic carbocycles. The second kappa shape index (κ2) is 5.64. The van der Waals surface area contributed by atoms with Crippen LogP contribution in [-0.4, -0.2) is 24.5 Å². The molecule has 0 fully saturated rings. The standard InChI is InChI=1S/C17H28N2/c1-17(2,3)12-19(4)15-11-7-9-13-8-5-6-10-14(13)16(15)18/h5-6,8,10,15-16H,7,9,11-12,18H2,1-4H3. The molecule has 0 amide bonds. The fourth-order valence-corrected chi connectivity index (χ4v) is 3.34. The highest BCUT2D eigenvalue weighted by Crippen LogP contribution is 2.31. The second-order valence-electron chi connectivity index (χ2n) is 7.16. The van der Waals surface area contributed by atoms with Gasteiger partial charge in [0.25, 0.3) is 0 Å². The number of benzene rings is 1. The highest BCUT2D eigenvalue weighted by atomic mass is 15.2. The van der Waals surface area contributed by atoms with Gasteiger partial charge in [0.15, 0.2) is 0 Å².